The number of hydrogen-bond acceptors (Lipinski definition) is 5. The molecule has 2 atom stereocenters. The first-order valence-electron chi connectivity index (χ1n) is 8.67. The monoisotopic (exact) mass is 338 g/mol. The molecule has 25 heavy (non-hydrogen) atoms. The van der Waals surface area contributed by atoms with Crippen molar-refractivity contribution < 1.29 is 14.5 Å². The number of nitrogens with zero attached hydrogens (tertiary/aromatic N) is 2. The highest BCUT2D eigenvalue weighted by atomic mass is 16.6. The van der Waals surface area contributed by atoms with Crippen molar-refractivity contribution in [3.63, 3.8) is 0 Å². The zero-order valence-electron chi connectivity index (χ0n) is 13.7. The van der Waals surface area contributed by atoms with Crippen LogP contribution in [0.1, 0.15) is 50.0 Å². The van der Waals surface area contributed by atoms with Crippen molar-refractivity contribution in [1.29, 1.82) is 0 Å². The predicted molar refractivity (Wildman–Crippen MR) is 91.5 cm³/mol. The van der Waals surface area contributed by atoms with E-state index in [1.54, 1.807) is 18.2 Å². The smallest absolute Gasteiger partial charge is 0.273 e. The molecule has 1 aromatic rings. The summed E-state index contributed by atoms with van der Waals surface area (Å²) in [7, 11) is 0. The lowest BCUT2D eigenvalue weighted by Crippen LogP contribution is -2.39. The Labute approximate surface area is 144 Å². The summed E-state index contributed by atoms with van der Waals surface area (Å²) in [6, 6.07) is 6.47. The van der Waals surface area contributed by atoms with Gasteiger partial charge in [-0.2, -0.15) is 0 Å². The van der Waals surface area contributed by atoms with E-state index in [9.17, 15) is 19.7 Å². The number of fused-ring (bicyclic) bond motifs is 1. The third-order valence-electron chi connectivity index (χ3n) is 5.38. The van der Waals surface area contributed by atoms with Crippen molar-refractivity contribution >= 4 is 23.0 Å². The molecule has 1 saturated carbocycles. The summed E-state index contributed by atoms with van der Waals surface area (Å²) in [5, 5.41) is 11.5. The largest absolute Gasteiger partial charge is 0.299 e. The molecular formula is C19H18N2O4. The molecule has 1 fully saturated rings. The number of hydrogen-bond donors (Lipinski definition) is 0. The molecule has 0 aromatic heterocycles. The highest BCUT2D eigenvalue weighted by molar-refractivity contribution is 6.12. The predicted octanol–water partition coefficient (Wildman–Crippen LogP) is 3.51. The van der Waals surface area contributed by atoms with Crippen LogP contribution in [0.15, 0.2) is 40.5 Å². The van der Waals surface area contributed by atoms with Gasteiger partial charge in [-0.1, -0.05) is 18.2 Å². The van der Waals surface area contributed by atoms with Gasteiger partial charge in [0.15, 0.2) is 5.78 Å². The Balaban J connectivity index is 1.95. The van der Waals surface area contributed by atoms with E-state index in [4.69, 9.17) is 0 Å². The van der Waals surface area contributed by atoms with Gasteiger partial charge in [0.05, 0.1) is 10.8 Å². The van der Waals surface area contributed by atoms with Crippen molar-refractivity contribution in [1.82, 2.24) is 0 Å². The molecule has 0 amide bonds. The average Bonchev–Trinajstić information content (AvgIpc) is 2.60. The zero-order valence-corrected chi connectivity index (χ0v) is 13.7. The van der Waals surface area contributed by atoms with Crippen LogP contribution in [0.25, 0.3) is 0 Å². The standard InChI is InChI=1S/C19H18N2O4/c22-15-9-3-6-12-18(15)17(11-5-1-2-8-14(11)21(24)25)19-13(20-12)7-4-10-16(19)23/h1-2,5,8,17-18H,3-4,6-7,9-10H2. The third-order valence-corrected chi connectivity index (χ3v) is 5.38. The fourth-order valence-corrected chi connectivity index (χ4v) is 4.35. The number of benzene rings is 1. The van der Waals surface area contributed by atoms with Crippen LogP contribution < -0.4 is 0 Å². The molecule has 1 heterocycles. The first kappa shape index (κ1) is 15.9. The van der Waals surface area contributed by atoms with Gasteiger partial charge in [0, 0.05) is 47.4 Å². The van der Waals surface area contributed by atoms with E-state index in [-0.39, 0.29) is 17.3 Å². The van der Waals surface area contributed by atoms with Gasteiger partial charge >= 0.3 is 0 Å². The lowest BCUT2D eigenvalue weighted by molar-refractivity contribution is -0.385. The topological polar surface area (TPSA) is 89.6 Å². The number of Topliss-reactive ketones (excluding diaryl/α,β-unsaturated/α-hetero) is 2. The fourth-order valence-electron chi connectivity index (χ4n) is 4.35. The Kier molecular flexibility index (Phi) is 3.82. The number of allylic oxidation sites excluding steroid dienone is 2. The van der Waals surface area contributed by atoms with Crippen LogP contribution in [-0.2, 0) is 9.59 Å². The number of nitro groups is 1. The number of aliphatic imine (C=N–C) groups is 1. The lowest BCUT2D eigenvalue weighted by Gasteiger charge is -2.37. The van der Waals surface area contributed by atoms with Gasteiger partial charge in [-0.15, -0.1) is 0 Å². The van der Waals surface area contributed by atoms with Crippen LogP contribution in [0, 0.1) is 16.0 Å². The molecule has 128 valence electrons. The van der Waals surface area contributed by atoms with Gasteiger partial charge in [-0.25, -0.2) is 0 Å². The van der Waals surface area contributed by atoms with E-state index in [1.165, 1.54) is 6.07 Å². The molecule has 0 saturated heterocycles. The van der Waals surface area contributed by atoms with Crippen LogP contribution in [0.2, 0.25) is 0 Å². The van der Waals surface area contributed by atoms with E-state index in [2.05, 4.69) is 4.99 Å². The second-order valence-electron chi connectivity index (χ2n) is 6.83. The van der Waals surface area contributed by atoms with Crippen LogP contribution in [-0.4, -0.2) is 22.2 Å². The Bertz CT molecular complexity index is 853. The molecular weight excluding hydrogens is 320 g/mol. The maximum absolute atomic E-state index is 12.7. The van der Waals surface area contributed by atoms with Gasteiger partial charge in [0.2, 0.25) is 0 Å². The summed E-state index contributed by atoms with van der Waals surface area (Å²) in [6.45, 7) is 0. The van der Waals surface area contributed by atoms with E-state index >= 15 is 0 Å². The second kappa shape index (κ2) is 6.02. The van der Waals surface area contributed by atoms with Gasteiger partial charge in [-0.05, 0) is 25.7 Å². The maximum Gasteiger partial charge on any atom is 0.273 e. The van der Waals surface area contributed by atoms with Crippen molar-refractivity contribution in [3.05, 3.63) is 51.2 Å². The number of rotatable bonds is 2. The number of ketones is 2. The molecule has 3 aliphatic rings. The summed E-state index contributed by atoms with van der Waals surface area (Å²) in [6.07, 6.45) is 3.78. The molecule has 0 N–H and O–H groups in total. The molecule has 1 aromatic carbocycles. The van der Waals surface area contributed by atoms with E-state index in [1.807, 2.05) is 0 Å². The summed E-state index contributed by atoms with van der Waals surface area (Å²) in [4.78, 5) is 41.1. The van der Waals surface area contributed by atoms with Crippen LogP contribution in [0.5, 0.6) is 0 Å². The fraction of sp³-hybridized carbons (Fsp3) is 0.421. The van der Waals surface area contributed by atoms with Crippen LogP contribution in [0.3, 0.4) is 0 Å². The quantitative estimate of drug-likeness (QED) is 0.609. The van der Waals surface area contributed by atoms with E-state index in [0.29, 0.717) is 30.4 Å². The number of nitro benzene ring substituents is 1. The summed E-state index contributed by atoms with van der Waals surface area (Å²) < 4.78 is 0. The van der Waals surface area contributed by atoms with Crippen molar-refractivity contribution in [2.45, 2.75) is 44.4 Å². The minimum absolute atomic E-state index is 0.0226. The van der Waals surface area contributed by atoms with Crippen LogP contribution in [0.4, 0.5) is 5.69 Å². The molecule has 0 radical (unpaired) electrons. The highest BCUT2D eigenvalue weighted by Gasteiger charge is 2.46. The van der Waals surface area contributed by atoms with Crippen LogP contribution >= 0.6 is 0 Å². The van der Waals surface area contributed by atoms with Gasteiger partial charge in [-0.3, -0.25) is 24.7 Å². The van der Waals surface area contributed by atoms with Crippen molar-refractivity contribution in [2.24, 2.45) is 10.9 Å². The lowest BCUT2D eigenvalue weighted by atomic mass is 9.67. The first-order valence-corrected chi connectivity index (χ1v) is 8.67. The normalized spacial score (nSPS) is 26.0. The van der Waals surface area contributed by atoms with Gasteiger partial charge < -0.3 is 0 Å². The van der Waals surface area contributed by atoms with Crippen molar-refractivity contribution in [2.75, 3.05) is 0 Å². The second-order valence-corrected chi connectivity index (χ2v) is 6.83. The minimum Gasteiger partial charge on any atom is -0.299 e. The molecule has 1 aliphatic heterocycles. The van der Waals surface area contributed by atoms with E-state index < -0.39 is 16.8 Å². The SMILES string of the molecule is O=C1CCCC2=C1C(c1ccccc1[N+](=O)[O-])C1C(=O)CCCC1=N2. The Morgan fingerprint density at radius 3 is 2.56 bits per heavy atom. The Morgan fingerprint density at radius 2 is 1.76 bits per heavy atom. The zero-order chi connectivity index (χ0) is 17.6. The number of carbonyl (C=O) groups is 2. The minimum atomic E-state index is -0.565. The van der Waals surface area contributed by atoms with E-state index in [0.717, 1.165) is 30.7 Å². The Hall–Kier alpha value is -2.63. The molecule has 6 heteroatoms. The molecule has 0 bridgehead atoms. The number of carbonyl (C=O) groups excluding carboxylic acids is 2. The van der Waals surface area contributed by atoms with Crippen molar-refractivity contribution in [3.8, 4) is 0 Å². The molecule has 0 spiro atoms. The summed E-state index contributed by atoms with van der Waals surface area (Å²) in [5.41, 5.74) is 2.50. The first-order chi connectivity index (χ1) is 12.1. The Morgan fingerprint density at radius 1 is 1.00 bits per heavy atom. The van der Waals surface area contributed by atoms with Gasteiger partial charge in [0.1, 0.15) is 5.78 Å². The maximum atomic E-state index is 12.7. The van der Waals surface area contributed by atoms with Gasteiger partial charge in [0.25, 0.3) is 5.69 Å². The molecule has 4 rings (SSSR count). The number of para-hydroxylation sites is 1. The third kappa shape index (κ3) is 2.52. The summed E-state index contributed by atoms with van der Waals surface area (Å²) in [5.74, 6) is -1.08. The molecule has 2 aliphatic carbocycles. The average molecular weight is 338 g/mol. The molecule has 2 unspecified atom stereocenters. The summed E-state index contributed by atoms with van der Waals surface area (Å²) >= 11 is 0. The molecule has 6 nitrogen and oxygen atoms in total. The highest BCUT2D eigenvalue weighted by Crippen LogP contribution is 2.47.